The maximum atomic E-state index is 12.4. The summed E-state index contributed by atoms with van der Waals surface area (Å²) >= 11 is 0. The minimum absolute atomic E-state index is 0.126. The second-order valence-corrected chi connectivity index (χ2v) is 6.06. The topological polar surface area (TPSA) is 78.4 Å². The summed E-state index contributed by atoms with van der Waals surface area (Å²) in [7, 11) is 0. The molecule has 2 aromatic carbocycles. The number of fused-ring (bicyclic) bond motifs is 1. The van der Waals surface area contributed by atoms with Crippen molar-refractivity contribution >= 4 is 11.6 Å². The number of hydrogen-bond acceptors (Lipinski definition) is 6. The molecule has 1 N–H and O–H groups in total. The Morgan fingerprint density at radius 1 is 1.14 bits per heavy atom. The van der Waals surface area contributed by atoms with Crippen LogP contribution in [0.5, 0.6) is 23.0 Å². The SMILES string of the molecule is CCOc1ccc(OCC)c(/C(C)=N\NC(=O)[C@H]2COc3ccccc3O2)c1. The van der Waals surface area contributed by atoms with Gasteiger partial charge in [0.1, 0.15) is 18.1 Å². The highest BCUT2D eigenvalue weighted by Gasteiger charge is 2.27. The molecule has 0 radical (unpaired) electrons. The van der Waals surface area contributed by atoms with Crippen molar-refractivity contribution in [2.45, 2.75) is 26.9 Å². The highest BCUT2D eigenvalue weighted by Crippen LogP contribution is 2.31. The molecule has 0 aromatic heterocycles. The number of benzene rings is 2. The maximum absolute atomic E-state index is 12.4. The molecule has 1 aliphatic heterocycles. The Bertz CT molecular complexity index is 866. The average Bonchev–Trinajstić information content (AvgIpc) is 2.72. The van der Waals surface area contributed by atoms with Gasteiger partial charge in [-0.25, -0.2) is 5.43 Å². The van der Waals surface area contributed by atoms with Crippen molar-refractivity contribution in [2.24, 2.45) is 5.10 Å². The number of hydrazone groups is 1. The van der Waals surface area contributed by atoms with Crippen LogP contribution in [0.15, 0.2) is 47.6 Å². The number of para-hydroxylation sites is 2. The van der Waals surface area contributed by atoms with Crippen LogP contribution in [-0.2, 0) is 4.79 Å². The Balaban J connectivity index is 1.71. The zero-order chi connectivity index (χ0) is 19.9. The lowest BCUT2D eigenvalue weighted by Crippen LogP contribution is -2.42. The minimum Gasteiger partial charge on any atom is -0.494 e. The molecule has 0 saturated heterocycles. The zero-order valence-electron chi connectivity index (χ0n) is 16.2. The summed E-state index contributed by atoms with van der Waals surface area (Å²) in [6.45, 7) is 6.82. The van der Waals surface area contributed by atoms with E-state index in [9.17, 15) is 4.79 Å². The first-order valence-corrected chi connectivity index (χ1v) is 9.25. The van der Waals surface area contributed by atoms with Crippen LogP contribution in [0.4, 0.5) is 0 Å². The van der Waals surface area contributed by atoms with E-state index in [0.29, 0.717) is 41.9 Å². The lowest BCUT2D eigenvalue weighted by Gasteiger charge is -2.24. The van der Waals surface area contributed by atoms with E-state index in [1.165, 1.54) is 0 Å². The van der Waals surface area contributed by atoms with Gasteiger partial charge in [-0.1, -0.05) is 12.1 Å². The summed E-state index contributed by atoms with van der Waals surface area (Å²) in [5, 5.41) is 4.22. The van der Waals surface area contributed by atoms with E-state index in [0.717, 1.165) is 5.56 Å². The van der Waals surface area contributed by atoms with Gasteiger partial charge in [-0.05, 0) is 51.1 Å². The zero-order valence-corrected chi connectivity index (χ0v) is 16.2. The summed E-state index contributed by atoms with van der Waals surface area (Å²) in [5.41, 5.74) is 3.89. The molecule has 1 amide bonds. The van der Waals surface area contributed by atoms with Gasteiger partial charge in [0.2, 0.25) is 6.10 Å². The monoisotopic (exact) mass is 384 g/mol. The number of carbonyl (C=O) groups is 1. The third-order valence-corrected chi connectivity index (χ3v) is 4.09. The lowest BCUT2D eigenvalue weighted by molar-refractivity contribution is -0.130. The first kappa shape index (κ1) is 19.5. The van der Waals surface area contributed by atoms with Crippen LogP contribution in [0.2, 0.25) is 0 Å². The largest absolute Gasteiger partial charge is 0.494 e. The average molecular weight is 384 g/mol. The highest BCUT2D eigenvalue weighted by molar-refractivity contribution is 6.02. The fourth-order valence-corrected chi connectivity index (χ4v) is 2.75. The van der Waals surface area contributed by atoms with Gasteiger partial charge >= 0.3 is 0 Å². The van der Waals surface area contributed by atoms with Gasteiger partial charge in [0, 0.05) is 5.56 Å². The summed E-state index contributed by atoms with van der Waals surface area (Å²) < 4.78 is 22.5. The Labute approximate surface area is 164 Å². The van der Waals surface area contributed by atoms with Gasteiger partial charge in [-0.2, -0.15) is 5.10 Å². The Morgan fingerprint density at radius 3 is 2.64 bits per heavy atom. The van der Waals surface area contributed by atoms with Crippen molar-refractivity contribution in [1.82, 2.24) is 5.43 Å². The van der Waals surface area contributed by atoms with E-state index in [1.54, 1.807) is 19.1 Å². The standard InChI is InChI=1S/C21H24N2O5/c1-4-25-15-10-11-17(26-5-2)16(12-15)14(3)22-23-21(24)20-13-27-18-8-6-7-9-19(18)28-20/h6-12,20H,4-5,13H2,1-3H3,(H,23,24)/b22-14-/t20-/m1/s1. The molecule has 0 spiro atoms. The molecule has 0 fully saturated rings. The molecule has 0 unspecified atom stereocenters. The van der Waals surface area contributed by atoms with E-state index in [-0.39, 0.29) is 12.5 Å². The molecular weight excluding hydrogens is 360 g/mol. The third-order valence-electron chi connectivity index (χ3n) is 4.09. The van der Waals surface area contributed by atoms with E-state index in [2.05, 4.69) is 10.5 Å². The first-order chi connectivity index (χ1) is 13.6. The number of rotatable bonds is 7. The predicted octanol–water partition coefficient (Wildman–Crippen LogP) is 3.16. The summed E-state index contributed by atoms with van der Waals surface area (Å²) in [6, 6.07) is 12.8. The Kier molecular flexibility index (Phi) is 6.37. The number of amides is 1. The summed E-state index contributed by atoms with van der Waals surface area (Å²) in [6.07, 6.45) is -0.771. The molecule has 2 aromatic rings. The fraction of sp³-hybridized carbons (Fsp3) is 0.333. The van der Waals surface area contributed by atoms with Gasteiger partial charge in [-0.3, -0.25) is 4.79 Å². The van der Waals surface area contributed by atoms with Crippen LogP contribution in [0.1, 0.15) is 26.3 Å². The van der Waals surface area contributed by atoms with Crippen molar-refractivity contribution in [3.63, 3.8) is 0 Å². The van der Waals surface area contributed by atoms with Crippen molar-refractivity contribution in [1.29, 1.82) is 0 Å². The molecule has 1 aliphatic rings. The molecule has 0 bridgehead atoms. The Morgan fingerprint density at radius 2 is 1.89 bits per heavy atom. The van der Waals surface area contributed by atoms with Gasteiger partial charge in [0.25, 0.3) is 5.91 Å². The molecule has 0 saturated carbocycles. The van der Waals surface area contributed by atoms with E-state index in [4.69, 9.17) is 18.9 Å². The van der Waals surface area contributed by atoms with Crippen molar-refractivity contribution < 1.29 is 23.7 Å². The molecule has 7 nitrogen and oxygen atoms in total. The number of nitrogens with one attached hydrogen (secondary N) is 1. The fourth-order valence-electron chi connectivity index (χ4n) is 2.75. The maximum Gasteiger partial charge on any atom is 0.284 e. The summed E-state index contributed by atoms with van der Waals surface area (Å²) in [4.78, 5) is 12.4. The second kappa shape index (κ2) is 9.12. The van der Waals surface area contributed by atoms with Crippen LogP contribution in [-0.4, -0.2) is 37.5 Å². The van der Waals surface area contributed by atoms with Gasteiger partial charge < -0.3 is 18.9 Å². The molecule has 1 heterocycles. The van der Waals surface area contributed by atoms with Crippen LogP contribution in [0.3, 0.4) is 0 Å². The normalized spacial score (nSPS) is 15.7. The van der Waals surface area contributed by atoms with E-state index >= 15 is 0 Å². The van der Waals surface area contributed by atoms with Crippen LogP contribution >= 0.6 is 0 Å². The van der Waals surface area contributed by atoms with E-state index < -0.39 is 6.10 Å². The van der Waals surface area contributed by atoms with Gasteiger partial charge in [0.15, 0.2) is 11.5 Å². The lowest BCUT2D eigenvalue weighted by atomic mass is 10.1. The van der Waals surface area contributed by atoms with Crippen LogP contribution in [0.25, 0.3) is 0 Å². The van der Waals surface area contributed by atoms with Crippen LogP contribution < -0.4 is 24.4 Å². The van der Waals surface area contributed by atoms with Crippen LogP contribution in [0, 0.1) is 0 Å². The highest BCUT2D eigenvalue weighted by atomic mass is 16.6. The minimum atomic E-state index is -0.771. The first-order valence-electron chi connectivity index (χ1n) is 9.25. The van der Waals surface area contributed by atoms with Crippen molar-refractivity contribution in [3.05, 3.63) is 48.0 Å². The summed E-state index contributed by atoms with van der Waals surface area (Å²) in [5.74, 6) is 2.17. The third kappa shape index (κ3) is 4.54. The second-order valence-electron chi connectivity index (χ2n) is 6.06. The molecule has 148 valence electrons. The molecule has 1 atom stereocenters. The number of hydrogen-bond donors (Lipinski definition) is 1. The van der Waals surface area contributed by atoms with Gasteiger partial charge in [-0.15, -0.1) is 0 Å². The van der Waals surface area contributed by atoms with Crippen molar-refractivity contribution in [3.8, 4) is 23.0 Å². The number of carbonyl (C=O) groups excluding carboxylic acids is 1. The quantitative estimate of drug-likeness (QED) is 0.586. The predicted molar refractivity (Wildman–Crippen MR) is 105 cm³/mol. The smallest absolute Gasteiger partial charge is 0.284 e. The molecule has 28 heavy (non-hydrogen) atoms. The molecule has 0 aliphatic carbocycles. The van der Waals surface area contributed by atoms with E-state index in [1.807, 2.05) is 44.2 Å². The Hall–Kier alpha value is -3.22. The molecule has 7 heteroatoms. The molecular formula is C21H24N2O5. The number of ether oxygens (including phenoxy) is 4. The molecule has 3 rings (SSSR count). The van der Waals surface area contributed by atoms with Gasteiger partial charge in [0.05, 0.1) is 18.9 Å². The van der Waals surface area contributed by atoms with Crippen molar-refractivity contribution in [2.75, 3.05) is 19.8 Å². The number of nitrogens with zero attached hydrogens (tertiary/aromatic N) is 1.